The lowest BCUT2D eigenvalue weighted by Crippen LogP contribution is -2.36. The highest BCUT2D eigenvalue weighted by Gasteiger charge is 2.38. The second kappa shape index (κ2) is 6.24. The van der Waals surface area contributed by atoms with Gasteiger partial charge in [0, 0.05) is 5.92 Å². The topological polar surface area (TPSA) is 20.2 Å². The van der Waals surface area contributed by atoms with Gasteiger partial charge >= 0.3 is 0 Å². The zero-order valence-corrected chi connectivity index (χ0v) is 14.2. The molecule has 0 aliphatic heterocycles. The molecule has 1 nitrogen and oxygen atoms in total. The minimum absolute atomic E-state index is 0.0908. The molecule has 0 bridgehead atoms. The fraction of sp³-hybridized carbons (Fsp3) is 0.167. The van der Waals surface area contributed by atoms with Crippen LogP contribution >= 0.6 is 0 Å². The monoisotopic (exact) mass is 324 g/mol. The highest BCUT2D eigenvalue weighted by molar-refractivity contribution is 5.93. The number of benzene rings is 3. The van der Waals surface area contributed by atoms with E-state index in [1.165, 1.54) is 21.9 Å². The average molecular weight is 324 g/mol. The molecule has 1 aliphatic rings. The van der Waals surface area contributed by atoms with Crippen LogP contribution in [0.1, 0.15) is 29.5 Å². The Morgan fingerprint density at radius 2 is 1.72 bits per heavy atom. The number of aliphatic hydroxyl groups is 1. The standard InChI is InChI=1S/C24H20O/c1-2-15-24(25)16-14-21-20-11-7-6-10-19(20)12-13-22(21)23(24)17-18-8-4-3-5-9-18/h3-14,16,23,25H,17H2,1H3. The molecule has 25 heavy (non-hydrogen) atoms. The normalized spacial score (nSPS) is 21.4. The summed E-state index contributed by atoms with van der Waals surface area (Å²) >= 11 is 0. The van der Waals surface area contributed by atoms with Crippen LogP contribution in [-0.4, -0.2) is 10.7 Å². The first-order valence-corrected chi connectivity index (χ1v) is 8.62. The van der Waals surface area contributed by atoms with Gasteiger partial charge in [0.2, 0.25) is 0 Å². The Kier molecular flexibility index (Phi) is 3.92. The van der Waals surface area contributed by atoms with Gasteiger partial charge in [-0.15, -0.1) is 5.92 Å². The SMILES string of the molecule is CC#CC1(O)C=Cc2c(ccc3ccccc23)C1Cc1ccccc1. The molecule has 0 fully saturated rings. The predicted molar refractivity (Wildman–Crippen MR) is 104 cm³/mol. The first-order chi connectivity index (χ1) is 12.2. The van der Waals surface area contributed by atoms with Crippen LogP contribution in [-0.2, 0) is 6.42 Å². The van der Waals surface area contributed by atoms with Crippen LogP contribution in [0.2, 0.25) is 0 Å². The lowest BCUT2D eigenvalue weighted by atomic mass is 9.72. The van der Waals surface area contributed by atoms with Crippen LogP contribution < -0.4 is 0 Å². The summed E-state index contributed by atoms with van der Waals surface area (Å²) in [6, 6.07) is 23.0. The summed E-state index contributed by atoms with van der Waals surface area (Å²) < 4.78 is 0. The van der Waals surface area contributed by atoms with Gasteiger partial charge in [-0.1, -0.05) is 78.7 Å². The highest BCUT2D eigenvalue weighted by atomic mass is 16.3. The third kappa shape index (κ3) is 2.76. The van der Waals surface area contributed by atoms with Crippen molar-refractivity contribution in [2.24, 2.45) is 0 Å². The molecule has 0 aromatic heterocycles. The van der Waals surface area contributed by atoms with Crippen molar-refractivity contribution >= 4 is 16.8 Å². The maximum absolute atomic E-state index is 11.3. The van der Waals surface area contributed by atoms with E-state index in [1.54, 1.807) is 6.92 Å². The molecule has 3 aromatic rings. The molecular weight excluding hydrogens is 304 g/mol. The predicted octanol–water partition coefficient (Wildman–Crippen LogP) is 4.95. The van der Waals surface area contributed by atoms with E-state index in [0.29, 0.717) is 0 Å². The Morgan fingerprint density at radius 3 is 2.52 bits per heavy atom. The Morgan fingerprint density at radius 1 is 0.960 bits per heavy atom. The summed E-state index contributed by atoms with van der Waals surface area (Å²) in [6.07, 6.45) is 4.65. The first-order valence-electron chi connectivity index (χ1n) is 8.62. The average Bonchev–Trinajstić information content (AvgIpc) is 2.65. The fourth-order valence-electron chi connectivity index (χ4n) is 3.81. The molecule has 0 heterocycles. The minimum Gasteiger partial charge on any atom is -0.373 e. The summed E-state index contributed by atoms with van der Waals surface area (Å²) in [5.74, 6) is 5.86. The van der Waals surface area contributed by atoms with Gasteiger partial charge in [-0.05, 0) is 46.9 Å². The van der Waals surface area contributed by atoms with Crippen molar-refractivity contribution in [3.05, 3.63) is 89.5 Å². The first kappa shape index (κ1) is 15.7. The quantitative estimate of drug-likeness (QED) is 0.662. The molecule has 3 aromatic carbocycles. The van der Waals surface area contributed by atoms with E-state index in [0.717, 1.165) is 12.0 Å². The molecule has 2 atom stereocenters. The molecular formula is C24H20O. The summed E-state index contributed by atoms with van der Waals surface area (Å²) in [6.45, 7) is 1.78. The van der Waals surface area contributed by atoms with Crippen LogP contribution in [0.15, 0.2) is 72.8 Å². The van der Waals surface area contributed by atoms with E-state index in [4.69, 9.17) is 0 Å². The van der Waals surface area contributed by atoms with Crippen molar-refractivity contribution in [1.29, 1.82) is 0 Å². The van der Waals surface area contributed by atoms with Crippen LogP contribution in [0.4, 0.5) is 0 Å². The second-order valence-corrected chi connectivity index (χ2v) is 6.57. The maximum Gasteiger partial charge on any atom is 0.151 e. The number of hydrogen-bond acceptors (Lipinski definition) is 1. The molecule has 0 spiro atoms. The lowest BCUT2D eigenvalue weighted by Gasteiger charge is -2.34. The van der Waals surface area contributed by atoms with Crippen molar-refractivity contribution in [3.63, 3.8) is 0 Å². The van der Waals surface area contributed by atoms with E-state index in [2.05, 4.69) is 60.4 Å². The molecule has 1 N–H and O–H groups in total. The molecule has 0 saturated heterocycles. The maximum atomic E-state index is 11.3. The highest BCUT2D eigenvalue weighted by Crippen LogP contribution is 2.41. The second-order valence-electron chi connectivity index (χ2n) is 6.57. The Hall–Kier alpha value is -2.82. The molecule has 0 amide bonds. The molecule has 122 valence electrons. The van der Waals surface area contributed by atoms with Crippen molar-refractivity contribution in [2.75, 3.05) is 0 Å². The van der Waals surface area contributed by atoms with Crippen molar-refractivity contribution in [3.8, 4) is 11.8 Å². The van der Waals surface area contributed by atoms with Crippen molar-refractivity contribution in [1.82, 2.24) is 0 Å². The van der Waals surface area contributed by atoms with E-state index in [9.17, 15) is 5.11 Å². The number of rotatable bonds is 2. The van der Waals surface area contributed by atoms with E-state index in [-0.39, 0.29) is 5.92 Å². The Bertz CT molecular complexity index is 1000. The number of hydrogen-bond donors (Lipinski definition) is 1. The molecule has 1 heteroatoms. The summed E-state index contributed by atoms with van der Waals surface area (Å²) in [5.41, 5.74) is 2.43. The van der Waals surface area contributed by atoms with Gasteiger partial charge in [0.1, 0.15) is 0 Å². The van der Waals surface area contributed by atoms with E-state index in [1.807, 2.05) is 30.4 Å². The van der Waals surface area contributed by atoms with Crippen molar-refractivity contribution in [2.45, 2.75) is 24.9 Å². The largest absolute Gasteiger partial charge is 0.373 e. The fourth-order valence-corrected chi connectivity index (χ4v) is 3.81. The van der Waals surface area contributed by atoms with Gasteiger partial charge in [-0.3, -0.25) is 0 Å². The molecule has 1 aliphatic carbocycles. The van der Waals surface area contributed by atoms with Crippen LogP contribution in [0.25, 0.3) is 16.8 Å². The molecule has 4 rings (SSSR count). The lowest BCUT2D eigenvalue weighted by molar-refractivity contribution is 0.119. The number of fused-ring (bicyclic) bond motifs is 3. The van der Waals surface area contributed by atoms with Gasteiger partial charge in [-0.25, -0.2) is 0 Å². The zero-order chi connectivity index (χ0) is 17.3. The smallest absolute Gasteiger partial charge is 0.151 e. The Labute approximate surface area is 148 Å². The van der Waals surface area contributed by atoms with Gasteiger partial charge in [-0.2, -0.15) is 0 Å². The molecule has 2 unspecified atom stereocenters. The van der Waals surface area contributed by atoms with E-state index >= 15 is 0 Å². The van der Waals surface area contributed by atoms with Gasteiger partial charge in [0.25, 0.3) is 0 Å². The third-order valence-electron chi connectivity index (χ3n) is 5.02. The van der Waals surface area contributed by atoms with E-state index < -0.39 is 5.60 Å². The van der Waals surface area contributed by atoms with Crippen LogP contribution in [0.5, 0.6) is 0 Å². The molecule has 0 saturated carbocycles. The van der Waals surface area contributed by atoms with Gasteiger partial charge < -0.3 is 5.11 Å². The third-order valence-corrected chi connectivity index (χ3v) is 5.02. The zero-order valence-electron chi connectivity index (χ0n) is 14.2. The van der Waals surface area contributed by atoms with Crippen LogP contribution in [0, 0.1) is 11.8 Å². The molecule has 0 radical (unpaired) electrons. The van der Waals surface area contributed by atoms with Gasteiger partial charge in [0.15, 0.2) is 5.60 Å². The van der Waals surface area contributed by atoms with Crippen LogP contribution in [0.3, 0.4) is 0 Å². The summed E-state index contributed by atoms with van der Waals surface area (Å²) in [5, 5.41) is 13.7. The Balaban J connectivity index is 1.90. The summed E-state index contributed by atoms with van der Waals surface area (Å²) in [7, 11) is 0. The van der Waals surface area contributed by atoms with Crippen molar-refractivity contribution < 1.29 is 5.11 Å². The minimum atomic E-state index is -1.14. The van der Waals surface area contributed by atoms with Gasteiger partial charge in [0.05, 0.1) is 0 Å². The summed E-state index contributed by atoms with van der Waals surface area (Å²) in [4.78, 5) is 0.